The van der Waals surface area contributed by atoms with Crippen LogP contribution in [0.25, 0.3) is 0 Å². The highest BCUT2D eigenvalue weighted by atomic mass is 15.3. The molecule has 25 heavy (non-hydrogen) atoms. The minimum absolute atomic E-state index is 0.515. The van der Waals surface area contributed by atoms with Gasteiger partial charge in [-0.1, -0.05) is 36.4 Å². The van der Waals surface area contributed by atoms with Crippen LogP contribution < -0.4 is 15.5 Å². The molecular formula is C19H22N6. The Morgan fingerprint density at radius 3 is 1.52 bits per heavy atom. The number of nitrogens with zero attached hydrogens (tertiary/aromatic N) is 4. The molecule has 0 fully saturated rings. The Morgan fingerprint density at radius 1 is 0.680 bits per heavy atom. The molecule has 0 spiro atoms. The lowest BCUT2D eigenvalue weighted by Gasteiger charge is -2.20. The first-order valence-corrected chi connectivity index (χ1v) is 8.43. The Balaban J connectivity index is 1.93. The summed E-state index contributed by atoms with van der Waals surface area (Å²) in [4.78, 5) is 15.7. The number of aromatic nitrogens is 3. The first-order chi connectivity index (χ1) is 12.3. The predicted molar refractivity (Wildman–Crippen MR) is 103 cm³/mol. The van der Waals surface area contributed by atoms with Crippen molar-refractivity contribution in [2.45, 2.75) is 13.8 Å². The van der Waals surface area contributed by atoms with Gasteiger partial charge in [0.1, 0.15) is 0 Å². The second-order valence-electron chi connectivity index (χ2n) is 5.44. The normalized spacial score (nSPS) is 10.3. The third-order valence-electron chi connectivity index (χ3n) is 3.73. The van der Waals surface area contributed by atoms with Crippen LogP contribution in [0.1, 0.15) is 13.8 Å². The van der Waals surface area contributed by atoms with E-state index >= 15 is 0 Å². The van der Waals surface area contributed by atoms with E-state index in [1.807, 2.05) is 60.7 Å². The van der Waals surface area contributed by atoms with E-state index in [9.17, 15) is 0 Å². The first kappa shape index (κ1) is 16.7. The molecule has 0 radical (unpaired) electrons. The lowest BCUT2D eigenvalue weighted by atomic mass is 10.3. The maximum atomic E-state index is 4.56. The van der Waals surface area contributed by atoms with E-state index in [2.05, 4.69) is 44.3 Å². The van der Waals surface area contributed by atoms with Gasteiger partial charge < -0.3 is 15.5 Å². The zero-order chi connectivity index (χ0) is 17.5. The molecule has 2 N–H and O–H groups in total. The molecule has 128 valence electrons. The summed E-state index contributed by atoms with van der Waals surface area (Å²) in [5, 5.41) is 6.49. The second-order valence-corrected chi connectivity index (χ2v) is 5.44. The number of para-hydroxylation sites is 2. The molecule has 0 aliphatic rings. The minimum atomic E-state index is 0.515. The number of hydrogen-bond acceptors (Lipinski definition) is 6. The van der Waals surface area contributed by atoms with Crippen molar-refractivity contribution in [2.24, 2.45) is 0 Å². The molecule has 1 aromatic heterocycles. The fourth-order valence-electron chi connectivity index (χ4n) is 2.43. The van der Waals surface area contributed by atoms with E-state index in [-0.39, 0.29) is 0 Å². The highest BCUT2D eigenvalue weighted by Crippen LogP contribution is 2.20. The maximum Gasteiger partial charge on any atom is 0.233 e. The molecule has 0 bridgehead atoms. The van der Waals surface area contributed by atoms with Gasteiger partial charge in [-0.3, -0.25) is 0 Å². The van der Waals surface area contributed by atoms with Gasteiger partial charge in [-0.25, -0.2) is 0 Å². The van der Waals surface area contributed by atoms with Gasteiger partial charge in [0, 0.05) is 24.5 Å². The van der Waals surface area contributed by atoms with Crippen LogP contribution >= 0.6 is 0 Å². The van der Waals surface area contributed by atoms with Gasteiger partial charge >= 0.3 is 0 Å². The Bertz CT molecular complexity index is 728. The van der Waals surface area contributed by atoms with E-state index in [1.54, 1.807) is 0 Å². The summed E-state index contributed by atoms with van der Waals surface area (Å²) in [6.07, 6.45) is 0. The van der Waals surface area contributed by atoms with Crippen LogP contribution in [0.3, 0.4) is 0 Å². The van der Waals surface area contributed by atoms with Crippen LogP contribution in [0.2, 0.25) is 0 Å². The van der Waals surface area contributed by atoms with Crippen molar-refractivity contribution in [3.8, 4) is 0 Å². The summed E-state index contributed by atoms with van der Waals surface area (Å²) in [7, 11) is 0. The lowest BCUT2D eigenvalue weighted by Crippen LogP contribution is -2.25. The maximum absolute atomic E-state index is 4.56. The molecule has 0 unspecified atom stereocenters. The number of benzene rings is 2. The van der Waals surface area contributed by atoms with Crippen molar-refractivity contribution in [3.63, 3.8) is 0 Å². The molecule has 0 saturated heterocycles. The van der Waals surface area contributed by atoms with E-state index in [1.165, 1.54) is 0 Å². The molecule has 0 aliphatic carbocycles. The largest absolute Gasteiger partial charge is 0.341 e. The topological polar surface area (TPSA) is 66.0 Å². The van der Waals surface area contributed by atoms with Gasteiger partial charge in [0.25, 0.3) is 0 Å². The molecule has 0 atom stereocenters. The molecule has 0 amide bonds. The summed E-state index contributed by atoms with van der Waals surface area (Å²) in [6.45, 7) is 5.83. The van der Waals surface area contributed by atoms with E-state index in [0.29, 0.717) is 17.8 Å². The van der Waals surface area contributed by atoms with Gasteiger partial charge in [0.15, 0.2) is 0 Å². The summed E-state index contributed by atoms with van der Waals surface area (Å²) in [5.74, 6) is 1.68. The van der Waals surface area contributed by atoms with Crippen LogP contribution in [-0.4, -0.2) is 28.0 Å². The van der Waals surface area contributed by atoms with Crippen molar-refractivity contribution in [3.05, 3.63) is 60.7 Å². The highest BCUT2D eigenvalue weighted by molar-refractivity contribution is 5.59. The van der Waals surface area contributed by atoms with Gasteiger partial charge in [0.2, 0.25) is 17.8 Å². The smallest absolute Gasteiger partial charge is 0.233 e. The van der Waals surface area contributed by atoms with Crippen molar-refractivity contribution in [1.29, 1.82) is 0 Å². The monoisotopic (exact) mass is 334 g/mol. The molecule has 3 aromatic rings. The number of anilines is 5. The molecule has 6 heteroatoms. The fourth-order valence-corrected chi connectivity index (χ4v) is 2.43. The van der Waals surface area contributed by atoms with Crippen molar-refractivity contribution in [1.82, 2.24) is 15.0 Å². The lowest BCUT2D eigenvalue weighted by molar-refractivity contribution is 0.816. The summed E-state index contributed by atoms with van der Waals surface area (Å²) in [6, 6.07) is 19.7. The summed E-state index contributed by atoms with van der Waals surface area (Å²) < 4.78 is 0. The van der Waals surface area contributed by atoms with Crippen LogP contribution in [0.4, 0.5) is 29.2 Å². The van der Waals surface area contributed by atoms with E-state index in [0.717, 1.165) is 24.5 Å². The number of nitrogens with one attached hydrogen (secondary N) is 2. The molecular weight excluding hydrogens is 312 g/mol. The Hall–Kier alpha value is -3.15. The highest BCUT2D eigenvalue weighted by Gasteiger charge is 2.11. The Kier molecular flexibility index (Phi) is 5.41. The molecule has 0 saturated carbocycles. The van der Waals surface area contributed by atoms with Crippen LogP contribution in [0.5, 0.6) is 0 Å². The third kappa shape index (κ3) is 4.44. The molecule has 2 aromatic carbocycles. The average molecular weight is 334 g/mol. The van der Waals surface area contributed by atoms with Crippen LogP contribution in [0, 0.1) is 0 Å². The Labute approximate surface area is 148 Å². The van der Waals surface area contributed by atoms with Crippen molar-refractivity contribution >= 4 is 29.2 Å². The van der Waals surface area contributed by atoms with Crippen molar-refractivity contribution in [2.75, 3.05) is 28.6 Å². The van der Waals surface area contributed by atoms with Crippen molar-refractivity contribution < 1.29 is 0 Å². The zero-order valence-corrected chi connectivity index (χ0v) is 14.5. The molecule has 3 rings (SSSR count). The van der Waals surface area contributed by atoms with E-state index < -0.39 is 0 Å². The standard InChI is InChI=1S/C19H22N6/c1-3-25(4-2)19-23-17(20-15-11-7-5-8-12-15)22-18(24-19)21-16-13-9-6-10-14-16/h5-14H,3-4H2,1-2H3,(H2,20,21,22,23,24). The quantitative estimate of drug-likeness (QED) is 0.675. The summed E-state index contributed by atoms with van der Waals surface area (Å²) >= 11 is 0. The molecule has 6 nitrogen and oxygen atoms in total. The third-order valence-corrected chi connectivity index (χ3v) is 3.73. The fraction of sp³-hybridized carbons (Fsp3) is 0.211. The van der Waals surface area contributed by atoms with E-state index in [4.69, 9.17) is 0 Å². The van der Waals surface area contributed by atoms with Gasteiger partial charge in [-0.15, -0.1) is 0 Å². The first-order valence-electron chi connectivity index (χ1n) is 8.43. The van der Waals surface area contributed by atoms with Gasteiger partial charge in [-0.05, 0) is 38.1 Å². The predicted octanol–water partition coefficient (Wildman–Crippen LogP) is 4.21. The van der Waals surface area contributed by atoms with Crippen LogP contribution in [-0.2, 0) is 0 Å². The second kappa shape index (κ2) is 8.10. The minimum Gasteiger partial charge on any atom is -0.341 e. The average Bonchev–Trinajstić information content (AvgIpc) is 2.64. The van der Waals surface area contributed by atoms with Gasteiger partial charge in [0.05, 0.1) is 0 Å². The molecule has 1 heterocycles. The summed E-state index contributed by atoms with van der Waals surface area (Å²) in [5.41, 5.74) is 1.87. The number of hydrogen-bond donors (Lipinski definition) is 2. The Morgan fingerprint density at radius 2 is 1.12 bits per heavy atom. The molecule has 0 aliphatic heterocycles. The SMILES string of the molecule is CCN(CC)c1nc(Nc2ccccc2)nc(Nc2ccccc2)n1. The van der Waals surface area contributed by atoms with Gasteiger partial charge in [-0.2, -0.15) is 15.0 Å². The van der Waals surface area contributed by atoms with Crippen LogP contribution in [0.15, 0.2) is 60.7 Å². The number of rotatable bonds is 7. The zero-order valence-electron chi connectivity index (χ0n) is 14.5.